The summed E-state index contributed by atoms with van der Waals surface area (Å²) in [5.74, 6) is -2.06. The van der Waals surface area contributed by atoms with Gasteiger partial charge in [-0.05, 0) is 35.9 Å². The van der Waals surface area contributed by atoms with Gasteiger partial charge in [-0.25, -0.2) is 8.78 Å². The molecule has 1 N–H and O–H groups in total. The maximum absolute atomic E-state index is 13.1. The van der Waals surface area contributed by atoms with Gasteiger partial charge in [0, 0.05) is 45.1 Å². The Bertz CT molecular complexity index is 732. The molecule has 0 bridgehead atoms. The maximum atomic E-state index is 13.1. The molecule has 1 amide bonds. The third kappa shape index (κ3) is 4.35. The van der Waals surface area contributed by atoms with Gasteiger partial charge in [-0.15, -0.1) is 0 Å². The number of carbonyl (C=O) groups is 1. The highest BCUT2D eigenvalue weighted by molar-refractivity contribution is 7.83. The molecule has 1 atom stereocenters. The number of nitrogens with one attached hydrogen (secondary N) is 1. The van der Waals surface area contributed by atoms with Crippen molar-refractivity contribution >= 4 is 34.0 Å². The van der Waals surface area contributed by atoms with E-state index in [1.165, 1.54) is 6.26 Å². The van der Waals surface area contributed by atoms with E-state index in [-0.39, 0.29) is 11.3 Å². The second-order valence-electron chi connectivity index (χ2n) is 4.64. The van der Waals surface area contributed by atoms with Gasteiger partial charge < -0.3 is 5.32 Å². The van der Waals surface area contributed by atoms with Gasteiger partial charge in [0.1, 0.15) is 11.6 Å². The zero-order chi connectivity index (χ0) is 16.3. The average molecular weight is 344 g/mol. The number of benzene rings is 2. The van der Waals surface area contributed by atoms with Crippen LogP contribution in [0.25, 0.3) is 0 Å². The van der Waals surface area contributed by atoms with Crippen molar-refractivity contribution < 1.29 is 17.8 Å². The van der Waals surface area contributed by atoms with Crippen LogP contribution in [-0.2, 0) is 16.6 Å². The molecule has 0 saturated carbocycles. The standard InChI is InChI=1S/C15H12ClF2NO2S/c1-22(21)8-10-6-13(2-3-14(10)16)19-15(20)9-4-11(17)7-12(18)5-9/h2-7H,8H2,1H3,(H,19,20)/t22-/m0/s1. The lowest BCUT2D eigenvalue weighted by Gasteiger charge is -2.09. The van der Waals surface area contributed by atoms with Gasteiger partial charge in [-0.1, -0.05) is 11.6 Å². The molecule has 0 unspecified atom stereocenters. The normalized spacial score (nSPS) is 12.0. The van der Waals surface area contributed by atoms with Crippen molar-refractivity contribution in [1.82, 2.24) is 0 Å². The monoisotopic (exact) mass is 343 g/mol. The van der Waals surface area contributed by atoms with E-state index in [4.69, 9.17) is 11.6 Å². The lowest BCUT2D eigenvalue weighted by Crippen LogP contribution is -2.13. The molecule has 0 radical (unpaired) electrons. The first-order valence-electron chi connectivity index (χ1n) is 6.21. The molecule has 7 heteroatoms. The van der Waals surface area contributed by atoms with Gasteiger partial charge >= 0.3 is 0 Å². The molecule has 116 valence electrons. The number of carbonyl (C=O) groups excluding carboxylic acids is 1. The lowest BCUT2D eigenvalue weighted by molar-refractivity contribution is 0.102. The molecule has 0 fully saturated rings. The Kier molecular flexibility index (Phi) is 5.26. The quantitative estimate of drug-likeness (QED) is 0.919. The fraction of sp³-hybridized carbons (Fsp3) is 0.133. The van der Waals surface area contributed by atoms with Crippen molar-refractivity contribution in [3.8, 4) is 0 Å². The van der Waals surface area contributed by atoms with Crippen LogP contribution in [0.2, 0.25) is 5.02 Å². The minimum atomic E-state index is -1.09. The summed E-state index contributed by atoms with van der Waals surface area (Å²) < 4.78 is 37.5. The van der Waals surface area contributed by atoms with E-state index >= 15 is 0 Å². The van der Waals surface area contributed by atoms with Crippen molar-refractivity contribution in [2.45, 2.75) is 5.75 Å². The SMILES string of the molecule is C[S@](=O)Cc1cc(NC(=O)c2cc(F)cc(F)c2)ccc1Cl. The summed E-state index contributed by atoms with van der Waals surface area (Å²) >= 11 is 5.99. The smallest absolute Gasteiger partial charge is 0.255 e. The zero-order valence-corrected chi connectivity index (χ0v) is 13.1. The van der Waals surface area contributed by atoms with Crippen LogP contribution in [0.1, 0.15) is 15.9 Å². The van der Waals surface area contributed by atoms with Gasteiger partial charge in [0.2, 0.25) is 0 Å². The fourth-order valence-electron chi connectivity index (χ4n) is 1.87. The molecule has 0 aliphatic heterocycles. The lowest BCUT2D eigenvalue weighted by atomic mass is 10.1. The number of amides is 1. The summed E-state index contributed by atoms with van der Waals surface area (Å²) in [4.78, 5) is 12.0. The van der Waals surface area contributed by atoms with Crippen molar-refractivity contribution in [2.24, 2.45) is 0 Å². The van der Waals surface area contributed by atoms with Crippen LogP contribution in [0.15, 0.2) is 36.4 Å². The summed E-state index contributed by atoms with van der Waals surface area (Å²) in [6.45, 7) is 0. The number of halogens is 3. The highest BCUT2D eigenvalue weighted by atomic mass is 35.5. The molecule has 0 aliphatic carbocycles. The molecule has 0 heterocycles. The Labute approximate surface area is 133 Å². The van der Waals surface area contributed by atoms with Crippen LogP contribution in [0.4, 0.5) is 14.5 Å². The zero-order valence-electron chi connectivity index (χ0n) is 11.5. The van der Waals surface area contributed by atoms with Gasteiger partial charge in [0.15, 0.2) is 0 Å². The molecule has 0 aliphatic rings. The maximum Gasteiger partial charge on any atom is 0.255 e. The number of anilines is 1. The fourth-order valence-corrected chi connectivity index (χ4v) is 2.81. The van der Waals surface area contributed by atoms with E-state index in [9.17, 15) is 17.8 Å². The Hall–Kier alpha value is -1.79. The van der Waals surface area contributed by atoms with Crippen LogP contribution in [0.3, 0.4) is 0 Å². The van der Waals surface area contributed by atoms with Crippen LogP contribution in [0.5, 0.6) is 0 Å². The summed E-state index contributed by atoms with van der Waals surface area (Å²) in [6.07, 6.45) is 1.54. The van der Waals surface area contributed by atoms with Gasteiger partial charge in [-0.3, -0.25) is 9.00 Å². The highest BCUT2D eigenvalue weighted by Gasteiger charge is 2.11. The predicted molar refractivity (Wildman–Crippen MR) is 83.5 cm³/mol. The molecule has 2 aromatic carbocycles. The second kappa shape index (κ2) is 6.98. The average Bonchev–Trinajstić information content (AvgIpc) is 2.41. The Morgan fingerprint density at radius 3 is 2.41 bits per heavy atom. The summed E-state index contributed by atoms with van der Waals surface area (Å²) in [5.41, 5.74) is 0.887. The van der Waals surface area contributed by atoms with Crippen molar-refractivity contribution in [2.75, 3.05) is 11.6 Å². The molecule has 2 rings (SSSR count). The van der Waals surface area contributed by atoms with E-state index in [1.54, 1.807) is 18.2 Å². The van der Waals surface area contributed by atoms with Crippen LogP contribution in [-0.4, -0.2) is 16.4 Å². The molecular weight excluding hydrogens is 332 g/mol. The van der Waals surface area contributed by atoms with Crippen molar-refractivity contribution in [3.63, 3.8) is 0 Å². The van der Waals surface area contributed by atoms with Gasteiger partial charge in [0.25, 0.3) is 5.91 Å². The van der Waals surface area contributed by atoms with Crippen LogP contribution in [0, 0.1) is 11.6 Å². The third-order valence-electron chi connectivity index (χ3n) is 2.79. The summed E-state index contributed by atoms with van der Waals surface area (Å²) in [6, 6.07) is 7.27. The van der Waals surface area contributed by atoms with E-state index < -0.39 is 28.3 Å². The highest BCUT2D eigenvalue weighted by Crippen LogP contribution is 2.22. The number of rotatable bonds is 4. The largest absolute Gasteiger partial charge is 0.322 e. The van der Waals surface area contributed by atoms with E-state index in [1.807, 2.05) is 0 Å². The van der Waals surface area contributed by atoms with E-state index in [2.05, 4.69) is 5.32 Å². The summed E-state index contributed by atoms with van der Waals surface area (Å²) in [5, 5.41) is 2.96. The Balaban J connectivity index is 2.22. The molecule has 3 nitrogen and oxygen atoms in total. The Morgan fingerprint density at radius 1 is 1.18 bits per heavy atom. The van der Waals surface area contributed by atoms with Crippen LogP contribution < -0.4 is 5.32 Å². The molecule has 0 spiro atoms. The molecule has 0 saturated heterocycles. The van der Waals surface area contributed by atoms with E-state index in [0.717, 1.165) is 12.1 Å². The topological polar surface area (TPSA) is 46.2 Å². The molecule has 2 aromatic rings. The first kappa shape index (κ1) is 16.6. The molecular formula is C15H12ClF2NO2S. The predicted octanol–water partition coefficient (Wildman–Crippen LogP) is 3.75. The first-order valence-corrected chi connectivity index (χ1v) is 8.31. The minimum absolute atomic E-state index is 0.131. The van der Waals surface area contributed by atoms with Crippen molar-refractivity contribution in [3.05, 3.63) is 64.2 Å². The molecule has 0 aromatic heterocycles. The Morgan fingerprint density at radius 2 is 1.82 bits per heavy atom. The third-order valence-corrected chi connectivity index (χ3v) is 3.87. The number of hydrogen-bond acceptors (Lipinski definition) is 2. The van der Waals surface area contributed by atoms with Gasteiger partial charge in [0.05, 0.1) is 0 Å². The molecule has 22 heavy (non-hydrogen) atoms. The van der Waals surface area contributed by atoms with Gasteiger partial charge in [-0.2, -0.15) is 0 Å². The van der Waals surface area contributed by atoms with Crippen LogP contribution >= 0.6 is 11.6 Å². The van der Waals surface area contributed by atoms with E-state index in [0.29, 0.717) is 22.3 Å². The summed E-state index contributed by atoms with van der Waals surface area (Å²) in [7, 11) is -1.09. The second-order valence-corrected chi connectivity index (χ2v) is 6.48. The van der Waals surface area contributed by atoms with Crippen molar-refractivity contribution in [1.29, 1.82) is 0 Å². The first-order chi connectivity index (χ1) is 10.3. The number of hydrogen-bond donors (Lipinski definition) is 1. The minimum Gasteiger partial charge on any atom is -0.322 e.